The Balaban J connectivity index is 1.51. The molecule has 23 heavy (non-hydrogen) atoms. The quantitative estimate of drug-likeness (QED) is 0.853. The van der Waals surface area contributed by atoms with Gasteiger partial charge in [-0.3, -0.25) is 0 Å². The van der Waals surface area contributed by atoms with Crippen molar-refractivity contribution in [2.75, 3.05) is 39.8 Å². The number of nitrogens with one attached hydrogen (secondary N) is 1. The zero-order valence-corrected chi connectivity index (χ0v) is 14.4. The highest BCUT2D eigenvalue weighted by atomic mass is 32.2. The number of fused-ring (bicyclic) bond motifs is 1. The number of nitrogens with zero attached hydrogens (tertiary/aromatic N) is 2. The van der Waals surface area contributed by atoms with Crippen LogP contribution in [-0.2, 0) is 27.9 Å². The van der Waals surface area contributed by atoms with E-state index in [2.05, 4.69) is 22.7 Å². The van der Waals surface area contributed by atoms with Gasteiger partial charge in [-0.05, 0) is 31.0 Å². The maximum Gasteiger partial charge on any atom is 0.279 e. The maximum atomic E-state index is 12.5. The van der Waals surface area contributed by atoms with Gasteiger partial charge in [0.2, 0.25) is 0 Å². The molecule has 0 amide bonds. The van der Waals surface area contributed by atoms with E-state index in [4.69, 9.17) is 4.74 Å². The lowest BCUT2D eigenvalue weighted by molar-refractivity contribution is -0.0222. The second-order valence-corrected chi connectivity index (χ2v) is 8.05. The average Bonchev–Trinajstić information content (AvgIpc) is 2.54. The van der Waals surface area contributed by atoms with E-state index in [9.17, 15) is 8.42 Å². The van der Waals surface area contributed by atoms with Crippen LogP contribution in [0.25, 0.3) is 0 Å². The van der Waals surface area contributed by atoms with E-state index in [1.807, 2.05) is 18.2 Å². The first kappa shape index (κ1) is 16.9. The lowest BCUT2D eigenvalue weighted by atomic mass is 10.0. The Morgan fingerprint density at radius 1 is 1.26 bits per heavy atom. The van der Waals surface area contributed by atoms with Gasteiger partial charge in [0.1, 0.15) is 0 Å². The van der Waals surface area contributed by atoms with E-state index < -0.39 is 10.2 Å². The molecule has 1 saturated heterocycles. The molecule has 1 N–H and O–H groups in total. The molecule has 1 unspecified atom stereocenters. The van der Waals surface area contributed by atoms with Crippen molar-refractivity contribution in [1.82, 2.24) is 13.9 Å². The molecule has 0 bridgehead atoms. The van der Waals surface area contributed by atoms with Gasteiger partial charge >= 0.3 is 0 Å². The predicted molar refractivity (Wildman–Crippen MR) is 89.3 cm³/mol. The Hall–Kier alpha value is -0.990. The third-order valence-corrected chi connectivity index (χ3v) is 6.09. The van der Waals surface area contributed by atoms with Gasteiger partial charge in [-0.1, -0.05) is 24.3 Å². The number of hydrogen-bond donors (Lipinski definition) is 1. The molecule has 0 saturated carbocycles. The lowest BCUT2D eigenvalue weighted by Crippen LogP contribution is -2.45. The lowest BCUT2D eigenvalue weighted by Gasteiger charge is -2.31. The molecule has 2 heterocycles. The minimum atomic E-state index is -3.43. The summed E-state index contributed by atoms with van der Waals surface area (Å²) in [6, 6.07) is 8.04. The van der Waals surface area contributed by atoms with Crippen molar-refractivity contribution >= 4 is 10.2 Å². The van der Waals surface area contributed by atoms with E-state index >= 15 is 0 Å². The third kappa shape index (κ3) is 4.30. The van der Waals surface area contributed by atoms with Gasteiger partial charge in [-0.2, -0.15) is 12.7 Å². The molecule has 7 heteroatoms. The van der Waals surface area contributed by atoms with Crippen molar-refractivity contribution in [3.05, 3.63) is 35.4 Å². The fourth-order valence-corrected chi connectivity index (χ4v) is 4.36. The fourth-order valence-electron chi connectivity index (χ4n) is 3.16. The van der Waals surface area contributed by atoms with Crippen LogP contribution in [0.1, 0.15) is 17.5 Å². The first-order valence-corrected chi connectivity index (χ1v) is 9.60. The van der Waals surface area contributed by atoms with Crippen LogP contribution in [0.3, 0.4) is 0 Å². The standard InChI is InChI=1S/C16H25N3O3S/c1-18-10-11-22-16(13-18)6-8-17-23(20,21)19-9-7-14-4-2-3-5-15(14)12-19/h2-5,16-17H,6-13H2,1H3. The Morgan fingerprint density at radius 2 is 2.04 bits per heavy atom. The minimum Gasteiger partial charge on any atom is -0.376 e. The van der Waals surface area contributed by atoms with E-state index in [0.29, 0.717) is 26.1 Å². The van der Waals surface area contributed by atoms with Gasteiger partial charge in [0.15, 0.2) is 0 Å². The normalized spacial score (nSPS) is 23.6. The Bertz CT molecular complexity index is 635. The maximum absolute atomic E-state index is 12.5. The van der Waals surface area contributed by atoms with Crippen molar-refractivity contribution in [2.24, 2.45) is 0 Å². The van der Waals surface area contributed by atoms with Gasteiger partial charge < -0.3 is 9.64 Å². The zero-order chi connectivity index (χ0) is 16.3. The number of ether oxygens (including phenoxy) is 1. The van der Waals surface area contributed by atoms with E-state index in [0.717, 1.165) is 31.7 Å². The molecule has 2 aliphatic heterocycles. The van der Waals surface area contributed by atoms with Crippen molar-refractivity contribution in [3.8, 4) is 0 Å². The summed E-state index contributed by atoms with van der Waals surface area (Å²) >= 11 is 0. The molecular weight excluding hydrogens is 314 g/mol. The summed E-state index contributed by atoms with van der Waals surface area (Å²) < 4.78 is 34.8. The molecule has 1 atom stereocenters. The van der Waals surface area contributed by atoms with Crippen molar-refractivity contribution in [3.63, 3.8) is 0 Å². The number of morpholine rings is 1. The number of benzene rings is 1. The molecule has 128 valence electrons. The van der Waals surface area contributed by atoms with Gasteiger partial charge in [-0.25, -0.2) is 4.72 Å². The van der Waals surface area contributed by atoms with Crippen LogP contribution in [0, 0.1) is 0 Å². The molecule has 2 aliphatic rings. The van der Waals surface area contributed by atoms with Gasteiger partial charge in [0, 0.05) is 32.7 Å². The first-order chi connectivity index (χ1) is 11.0. The van der Waals surface area contributed by atoms with Gasteiger partial charge in [0.05, 0.1) is 12.7 Å². The second kappa shape index (κ2) is 7.27. The van der Waals surface area contributed by atoms with Crippen LogP contribution in [-0.4, -0.2) is 63.6 Å². The summed E-state index contributed by atoms with van der Waals surface area (Å²) in [5, 5.41) is 0. The average molecular weight is 339 g/mol. The van der Waals surface area contributed by atoms with Crippen LogP contribution in [0.5, 0.6) is 0 Å². The molecule has 0 spiro atoms. The Kier molecular flexibility index (Phi) is 5.33. The van der Waals surface area contributed by atoms with Crippen molar-refractivity contribution < 1.29 is 13.2 Å². The zero-order valence-electron chi connectivity index (χ0n) is 13.6. The fraction of sp³-hybridized carbons (Fsp3) is 0.625. The number of likely N-dealkylation sites (N-methyl/N-ethyl adjacent to an activating group) is 1. The van der Waals surface area contributed by atoms with E-state index in [1.165, 1.54) is 9.87 Å². The summed E-state index contributed by atoms with van der Waals surface area (Å²) in [5.41, 5.74) is 2.35. The topological polar surface area (TPSA) is 61.9 Å². The molecule has 0 radical (unpaired) electrons. The molecule has 3 rings (SSSR count). The highest BCUT2D eigenvalue weighted by Crippen LogP contribution is 2.20. The summed E-state index contributed by atoms with van der Waals surface area (Å²) in [4.78, 5) is 2.21. The van der Waals surface area contributed by atoms with E-state index in [-0.39, 0.29) is 6.10 Å². The molecule has 1 aromatic rings. The van der Waals surface area contributed by atoms with Crippen molar-refractivity contribution in [2.45, 2.75) is 25.5 Å². The summed E-state index contributed by atoms with van der Waals surface area (Å²) in [7, 11) is -1.37. The predicted octanol–water partition coefficient (Wildman–Crippen LogP) is 0.600. The molecular formula is C16H25N3O3S. The molecule has 1 fully saturated rings. The van der Waals surface area contributed by atoms with E-state index in [1.54, 1.807) is 0 Å². The van der Waals surface area contributed by atoms with Crippen LogP contribution >= 0.6 is 0 Å². The van der Waals surface area contributed by atoms with Crippen molar-refractivity contribution in [1.29, 1.82) is 0 Å². The number of rotatable bonds is 5. The third-order valence-electron chi connectivity index (χ3n) is 4.53. The van der Waals surface area contributed by atoms with Gasteiger partial charge in [0.25, 0.3) is 10.2 Å². The van der Waals surface area contributed by atoms with Crippen LogP contribution in [0.4, 0.5) is 0 Å². The smallest absolute Gasteiger partial charge is 0.279 e. The van der Waals surface area contributed by atoms with Crippen LogP contribution < -0.4 is 4.72 Å². The summed E-state index contributed by atoms with van der Waals surface area (Å²) in [5.74, 6) is 0. The highest BCUT2D eigenvalue weighted by molar-refractivity contribution is 7.87. The summed E-state index contributed by atoms with van der Waals surface area (Å²) in [6.07, 6.45) is 1.58. The van der Waals surface area contributed by atoms with Gasteiger partial charge in [-0.15, -0.1) is 0 Å². The second-order valence-electron chi connectivity index (χ2n) is 6.30. The molecule has 6 nitrogen and oxygen atoms in total. The monoisotopic (exact) mass is 339 g/mol. The van der Waals surface area contributed by atoms with Crippen LogP contribution in [0.15, 0.2) is 24.3 Å². The minimum absolute atomic E-state index is 0.110. The molecule has 0 aliphatic carbocycles. The molecule has 0 aromatic heterocycles. The Labute approximate surface area is 138 Å². The largest absolute Gasteiger partial charge is 0.376 e. The highest BCUT2D eigenvalue weighted by Gasteiger charge is 2.26. The van der Waals surface area contributed by atoms with Crippen LogP contribution in [0.2, 0.25) is 0 Å². The number of hydrogen-bond acceptors (Lipinski definition) is 4. The molecule has 1 aromatic carbocycles. The first-order valence-electron chi connectivity index (χ1n) is 8.16. The SMILES string of the molecule is CN1CCOC(CCNS(=O)(=O)N2CCc3ccccc3C2)C1. The Morgan fingerprint density at radius 3 is 2.83 bits per heavy atom. The summed E-state index contributed by atoms with van der Waals surface area (Å²) in [6.45, 7) is 3.92.